The molecule has 0 aliphatic rings. The van der Waals surface area contributed by atoms with Crippen molar-refractivity contribution in [1.29, 1.82) is 0 Å². The van der Waals surface area contributed by atoms with E-state index in [-0.39, 0.29) is 0 Å². The van der Waals surface area contributed by atoms with Gasteiger partial charge < -0.3 is 9.79 Å². The first-order valence-corrected chi connectivity index (χ1v) is 4.67. The minimum atomic E-state index is -1.93. The second-order valence-corrected chi connectivity index (χ2v) is 3.78. The van der Waals surface area contributed by atoms with Gasteiger partial charge in [-0.1, -0.05) is 15.9 Å². The van der Waals surface area contributed by atoms with Gasteiger partial charge in [0.05, 0.1) is 0 Å². The van der Waals surface area contributed by atoms with Crippen molar-refractivity contribution >= 4 is 29.6 Å². The minimum Gasteiger partial charge on any atom is -0.347 e. The van der Waals surface area contributed by atoms with E-state index in [1.54, 1.807) is 24.3 Å². The van der Waals surface area contributed by atoms with Crippen molar-refractivity contribution in [2.24, 2.45) is 0 Å². The minimum absolute atomic E-state index is 0.568. The first-order valence-electron chi connectivity index (χ1n) is 2.63. The summed E-state index contributed by atoms with van der Waals surface area (Å²) in [4.78, 5) is 17.4. The van der Waals surface area contributed by atoms with Crippen LogP contribution in [0.1, 0.15) is 0 Å². The third-order valence-electron chi connectivity index (χ3n) is 1.06. The van der Waals surface area contributed by atoms with E-state index in [1.807, 2.05) is 0 Å². The van der Waals surface area contributed by atoms with Crippen molar-refractivity contribution in [2.45, 2.75) is 0 Å². The van der Waals surface area contributed by atoms with Gasteiger partial charge in [-0.05, 0) is 24.3 Å². The zero-order valence-corrected chi connectivity index (χ0v) is 7.51. The molecule has 1 aromatic carbocycles. The van der Waals surface area contributed by atoms with Gasteiger partial charge in [-0.2, -0.15) is 0 Å². The van der Waals surface area contributed by atoms with Crippen LogP contribution in [-0.2, 0) is 0 Å². The molecule has 0 spiro atoms. The van der Waals surface area contributed by atoms with Gasteiger partial charge in [-0.3, -0.25) is 0 Å². The Morgan fingerprint density at radius 1 is 1.10 bits per heavy atom. The molecule has 0 unspecified atom stereocenters. The second kappa shape index (κ2) is 3.44. The van der Waals surface area contributed by atoms with Gasteiger partial charge in [0.25, 0.3) is 0 Å². The lowest BCUT2D eigenvalue weighted by Gasteiger charge is -2.00. The molecule has 0 radical (unpaired) electrons. The largest absolute Gasteiger partial charge is 0.347 e. The van der Waals surface area contributed by atoms with E-state index in [2.05, 4.69) is 15.9 Å². The number of rotatable bonds is 1. The van der Waals surface area contributed by atoms with Crippen LogP contribution < -0.4 is 5.30 Å². The summed E-state index contributed by atoms with van der Waals surface area (Å²) in [6.07, 6.45) is 0. The molecule has 54 valence electrons. The molecular weight excluding hydrogens is 215 g/mol. The fourth-order valence-electron chi connectivity index (χ4n) is 0.574. The van der Waals surface area contributed by atoms with Gasteiger partial charge in [0.2, 0.25) is 0 Å². The van der Waals surface area contributed by atoms with Crippen molar-refractivity contribution in [3.05, 3.63) is 28.7 Å². The van der Waals surface area contributed by atoms with Gasteiger partial charge in [0.1, 0.15) is 0 Å². The fourth-order valence-corrected chi connectivity index (χ4v) is 1.25. The van der Waals surface area contributed by atoms with Gasteiger partial charge in [0, 0.05) is 9.78 Å². The van der Waals surface area contributed by atoms with Gasteiger partial charge in [0.15, 0.2) is 8.38 Å². The quantitative estimate of drug-likeness (QED) is 0.703. The maximum absolute atomic E-state index is 8.72. The SMILES string of the molecule is OP(O)c1ccc(Br)cc1. The smallest absolute Gasteiger partial charge is 0.199 e. The van der Waals surface area contributed by atoms with Gasteiger partial charge in [-0.25, -0.2) is 0 Å². The van der Waals surface area contributed by atoms with Crippen LogP contribution in [0.5, 0.6) is 0 Å². The van der Waals surface area contributed by atoms with Crippen LogP contribution in [-0.4, -0.2) is 9.79 Å². The molecule has 4 heteroatoms. The molecule has 1 aromatic rings. The Labute approximate surface area is 68.6 Å². The summed E-state index contributed by atoms with van der Waals surface area (Å²) in [7, 11) is -1.93. The van der Waals surface area contributed by atoms with Crippen molar-refractivity contribution in [1.82, 2.24) is 0 Å². The zero-order valence-electron chi connectivity index (χ0n) is 5.03. The number of hydrogen-bond acceptors (Lipinski definition) is 2. The summed E-state index contributed by atoms with van der Waals surface area (Å²) >= 11 is 3.24. The summed E-state index contributed by atoms with van der Waals surface area (Å²) in [5.74, 6) is 0. The Balaban J connectivity index is 2.89. The Morgan fingerprint density at radius 2 is 1.60 bits per heavy atom. The highest BCUT2D eigenvalue weighted by atomic mass is 79.9. The van der Waals surface area contributed by atoms with Crippen LogP contribution in [0, 0.1) is 0 Å². The first kappa shape index (κ1) is 8.15. The molecule has 0 amide bonds. The molecule has 0 heterocycles. The Kier molecular flexibility index (Phi) is 2.81. The van der Waals surface area contributed by atoms with Crippen LogP contribution >= 0.6 is 24.3 Å². The molecule has 0 saturated heterocycles. The monoisotopic (exact) mass is 220 g/mol. The lowest BCUT2D eigenvalue weighted by atomic mass is 10.4. The predicted octanol–water partition coefficient (Wildman–Crippen LogP) is 1.37. The van der Waals surface area contributed by atoms with E-state index >= 15 is 0 Å². The molecule has 10 heavy (non-hydrogen) atoms. The number of benzene rings is 1. The normalized spacial score (nSPS) is 10.4. The summed E-state index contributed by atoms with van der Waals surface area (Å²) in [5, 5.41) is 0.568. The molecule has 0 bridgehead atoms. The first-order chi connectivity index (χ1) is 4.70. The van der Waals surface area contributed by atoms with Crippen molar-refractivity contribution in [2.75, 3.05) is 0 Å². The molecule has 0 aliphatic carbocycles. The highest BCUT2D eigenvalue weighted by Crippen LogP contribution is 2.22. The molecule has 0 fully saturated rings. The highest BCUT2D eigenvalue weighted by molar-refractivity contribution is 9.10. The lowest BCUT2D eigenvalue weighted by molar-refractivity contribution is 0.497. The Hall–Kier alpha value is 0.0500. The van der Waals surface area contributed by atoms with Crippen molar-refractivity contribution in [3.63, 3.8) is 0 Å². The van der Waals surface area contributed by atoms with Gasteiger partial charge >= 0.3 is 0 Å². The van der Waals surface area contributed by atoms with Gasteiger partial charge in [-0.15, -0.1) is 0 Å². The number of halogens is 1. The summed E-state index contributed by atoms with van der Waals surface area (Å²) in [6, 6.07) is 6.90. The van der Waals surface area contributed by atoms with E-state index in [1.165, 1.54) is 0 Å². The third-order valence-corrected chi connectivity index (χ3v) is 2.35. The van der Waals surface area contributed by atoms with E-state index in [9.17, 15) is 0 Å². The highest BCUT2D eigenvalue weighted by Gasteiger charge is 2.00. The fraction of sp³-hybridized carbons (Fsp3) is 0. The Morgan fingerprint density at radius 3 is 2.00 bits per heavy atom. The second-order valence-electron chi connectivity index (χ2n) is 1.77. The number of hydrogen-bond donors (Lipinski definition) is 2. The molecule has 1 rings (SSSR count). The van der Waals surface area contributed by atoms with Crippen LogP contribution in [0.25, 0.3) is 0 Å². The molecule has 2 N–H and O–H groups in total. The maximum atomic E-state index is 8.72. The van der Waals surface area contributed by atoms with E-state index < -0.39 is 8.38 Å². The summed E-state index contributed by atoms with van der Waals surface area (Å²) < 4.78 is 0.938. The Bertz CT molecular complexity index is 209. The summed E-state index contributed by atoms with van der Waals surface area (Å²) in [6.45, 7) is 0. The van der Waals surface area contributed by atoms with Crippen LogP contribution in [0.15, 0.2) is 28.7 Å². The molecule has 0 aliphatic heterocycles. The molecular formula is C6H6BrO2P. The average Bonchev–Trinajstić information content (AvgIpc) is 1.88. The molecule has 0 saturated carbocycles. The van der Waals surface area contributed by atoms with E-state index in [4.69, 9.17) is 9.79 Å². The van der Waals surface area contributed by atoms with Crippen molar-refractivity contribution in [3.8, 4) is 0 Å². The predicted molar refractivity (Wildman–Crippen MR) is 45.1 cm³/mol. The molecule has 0 atom stereocenters. The summed E-state index contributed by atoms with van der Waals surface area (Å²) in [5.41, 5.74) is 0. The van der Waals surface area contributed by atoms with Crippen LogP contribution in [0.2, 0.25) is 0 Å². The average molecular weight is 221 g/mol. The third kappa shape index (κ3) is 2.03. The zero-order chi connectivity index (χ0) is 7.56. The van der Waals surface area contributed by atoms with Crippen LogP contribution in [0.3, 0.4) is 0 Å². The standard InChI is InChI=1S/C6H6BrO2P/c7-5-1-3-6(4-2-5)10(8)9/h1-4,8-9H. The lowest BCUT2D eigenvalue weighted by Crippen LogP contribution is -1.97. The molecule has 2 nitrogen and oxygen atoms in total. The topological polar surface area (TPSA) is 40.5 Å². The molecule has 0 aromatic heterocycles. The van der Waals surface area contributed by atoms with E-state index in [0.29, 0.717) is 5.30 Å². The van der Waals surface area contributed by atoms with Crippen LogP contribution in [0.4, 0.5) is 0 Å². The van der Waals surface area contributed by atoms with E-state index in [0.717, 1.165) is 4.47 Å². The van der Waals surface area contributed by atoms with Crippen molar-refractivity contribution < 1.29 is 9.79 Å². The maximum Gasteiger partial charge on any atom is 0.199 e.